The number of benzene rings is 2. The van der Waals surface area contributed by atoms with Crippen LogP contribution >= 0.6 is 11.6 Å². The third kappa shape index (κ3) is 5.47. The van der Waals surface area contributed by atoms with Crippen LogP contribution in [-0.4, -0.2) is 20.4 Å². The van der Waals surface area contributed by atoms with E-state index in [1.165, 1.54) is 30.3 Å². The van der Waals surface area contributed by atoms with E-state index in [9.17, 15) is 13.2 Å². The largest absolute Gasteiger partial charge is 0.349 e. The van der Waals surface area contributed by atoms with Crippen LogP contribution in [0.1, 0.15) is 38.1 Å². The maximum absolute atomic E-state index is 12.7. The van der Waals surface area contributed by atoms with Crippen LogP contribution in [0.25, 0.3) is 0 Å². The fraction of sp³-hybridized carbons (Fsp3) is 0.350. The van der Waals surface area contributed by atoms with Crippen molar-refractivity contribution in [3.05, 3.63) is 59.1 Å². The highest BCUT2D eigenvalue weighted by atomic mass is 35.5. The van der Waals surface area contributed by atoms with Crippen molar-refractivity contribution >= 4 is 33.2 Å². The number of sulfonamides is 1. The predicted molar refractivity (Wildman–Crippen MR) is 110 cm³/mol. The minimum Gasteiger partial charge on any atom is -0.349 e. The minimum absolute atomic E-state index is 0.0155. The van der Waals surface area contributed by atoms with Gasteiger partial charge in [0.15, 0.2) is 0 Å². The molecule has 0 aliphatic heterocycles. The van der Waals surface area contributed by atoms with Crippen LogP contribution < -0.4 is 10.0 Å². The standard InChI is InChI=1S/C20H25ClN2O3S/c1-13(2)19(14(3)4)22-20(24)17-12-15(10-11-18(17)21)23-27(25,26)16-8-6-5-7-9-16/h5-14,19,23H,1-4H3,(H,22,24). The lowest BCUT2D eigenvalue weighted by atomic mass is 9.93. The summed E-state index contributed by atoms with van der Waals surface area (Å²) in [5.74, 6) is 0.188. The van der Waals surface area contributed by atoms with Gasteiger partial charge in [0.25, 0.3) is 15.9 Å². The van der Waals surface area contributed by atoms with Crippen molar-refractivity contribution in [2.45, 2.75) is 38.6 Å². The van der Waals surface area contributed by atoms with E-state index in [2.05, 4.69) is 10.0 Å². The fourth-order valence-electron chi connectivity index (χ4n) is 2.91. The topological polar surface area (TPSA) is 75.3 Å². The van der Waals surface area contributed by atoms with Crippen molar-refractivity contribution < 1.29 is 13.2 Å². The van der Waals surface area contributed by atoms with Gasteiger partial charge in [0.1, 0.15) is 0 Å². The quantitative estimate of drug-likeness (QED) is 0.705. The molecule has 0 unspecified atom stereocenters. The average molecular weight is 409 g/mol. The van der Waals surface area contributed by atoms with Crippen LogP contribution in [0.15, 0.2) is 53.4 Å². The van der Waals surface area contributed by atoms with Gasteiger partial charge >= 0.3 is 0 Å². The van der Waals surface area contributed by atoms with Gasteiger partial charge in [-0.2, -0.15) is 0 Å². The number of anilines is 1. The molecule has 0 atom stereocenters. The van der Waals surface area contributed by atoms with Crippen molar-refractivity contribution in [1.82, 2.24) is 5.32 Å². The number of hydrogen-bond acceptors (Lipinski definition) is 3. The molecule has 0 aliphatic rings. The third-order valence-electron chi connectivity index (χ3n) is 4.25. The number of halogens is 1. The van der Waals surface area contributed by atoms with Crippen LogP contribution in [0.4, 0.5) is 5.69 Å². The van der Waals surface area contributed by atoms with E-state index >= 15 is 0 Å². The van der Waals surface area contributed by atoms with Crippen LogP contribution in [0, 0.1) is 11.8 Å². The number of carbonyl (C=O) groups is 1. The van der Waals surface area contributed by atoms with E-state index in [0.29, 0.717) is 0 Å². The molecule has 2 aromatic rings. The number of nitrogens with one attached hydrogen (secondary N) is 2. The molecule has 0 aliphatic carbocycles. The Balaban J connectivity index is 2.27. The summed E-state index contributed by atoms with van der Waals surface area (Å²) in [6.45, 7) is 8.15. The molecule has 5 nitrogen and oxygen atoms in total. The summed E-state index contributed by atoms with van der Waals surface area (Å²) in [5.41, 5.74) is 0.510. The van der Waals surface area contributed by atoms with Gasteiger partial charge in [-0.1, -0.05) is 57.5 Å². The highest BCUT2D eigenvalue weighted by Crippen LogP contribution is 2.24. The van der Waals surface area contributed by atoms with Crippen molar-refractivity contribution in [3.8, 4) is 0 Å². The van der Waals surface area contributed by atoms with Crippen LogP contribution in [0.2, 0.25) is 5.02 Å². The highest BCUT2D eigenvalue weighted by molar-refractivity contribution is 7.92. The van der Waals surface area contributed by atoms with Crippen molar-refractivity contribution in [1.29, 1.82) is 0 Å². The van der Waals surface area contributed by atoms with E-state index < -0.39 is 10.0 Å². The Labute approximate surface area is 166 Å². The first-order valence-corrected chi connectivity index (χ1v) is 10.7. The average Bonchev–Trinajstić information content (AvgIpc) is 2.61. The van der Waals surface area contributed by atoms with Gasteiger partial charge < -0.3 is 5.32 Å². The van der Waals surface area contributed by atoms with E-state index in [0.717, 1.165) is 0 Å². The van der Waals surface area contributed by atoms with Gasteiger partial charge in [0.05, 0.1) is 15.5 Å². The monoisotopic (exact) mass is 408 g/mol. The van der Waals surface area contributed by atoms with Gasteiger partial charge in [0.2, 0.25) is 0 Å². The Morgan fingerprint density at radius 3 is 2.11 bits per heavy atom. The smallest absolute Gasteiger partial charge is 0.261 e. The van der Waals surface area contributed by atoms with Crippen molar-refractivity contribution in [3.63, 3.8) is 0 Å². The first kappa shape index (κ1) is 21.3. The Hall–Kier alpha value is -2.05. The summed E-state index contributed by atoms with van der Waals surface area (Å²) in [5, 5.41) is 3.26. The Morgan fingerprint density at radius 1 is 0.963 bits per heavy atom. The highest BCUT2D eigenvalue weighted by Gasteiger charge is 2.22. The zero-order chi connectivity index (χ0) is 20.2. The molecule has 2 aromatic carbocycles. The molecule has 0 aromatic heterocycles. The molecular weight excluding hydrogens is 384 g/mol. The normalized spacial score (nSPS) is 11.9. The lowest BCUT2D eigenvalue weighted by molar-refractivity contribution is 0.0910. The zero-order valence-corrected chi connectivity index (χ0v) is 17.4. The van der Waals surface area contributed by atoms with E-state index in [-0.39, 0.29) is 45.0 Å². The molecule has 1 amide bonds. The van der Waals surface area contributed by atoms with E-state index in [1.54, 1.807) is 18.2 Å². The second-order valence-corrected chi connectivity index (χ2v) is 9.19. The van der Waals surface area contributed by atoms with E-state index in [4.69, 9.17) is 11.6 Å². The first-order chi connectivity index (χ1) is 12.6. The summed E-state index contributed by atoms with van der Waals surface area (Å²) < 4.78 is 27.4. The molecule has 2 N–H and O–H groups in total. The Bertz CT molecular complexity index is 889. The summed E-state index contributed by atoms with van der Waals surface area (Å²) >= 11 is 6.18. The predicted octanol–water partition coefficient (Wildman–Crippen LogP) is 4.55. The van der Waals surface area contributed by atoms with Crippen molar-refractivity contribution in [2.24, 2.45) is 11.8 Å². The molecule has 2 rings (SSSR count). The summed E-state index contributed by atoms with van der Waals surface area (Å²) in [4.78, 5) is 12.8. The van der Waals surface area contributed by atoms with Gasteiger partial charge in [-0.3, -0.25) is 9.52 Å². The Morgan fingerprint density at radius 2 is 1.56 bits per heavy atom. The summed E-state index contributed by atoms with van der Waals surface area (Å²) in [6.07, 6.45) is 0. The molecule has 0 saturated heterocycles. The summed E-state index contributed by atoms with van der Waals surface area (Å²) in [6, 6.07) is 12.5. The Kier molecular flexibility index (Phi) is 6.89. The summed E-state index contributed by atoms with van der Waals surface area (Å²) in [7, 11) is -3.74. The van der Waals surface area contributed by atoms with E-state index in [1.807, 2.05) is 27.7 Å². The molecule has 0 bridgehead atoms. The maximum atomic E-state index is 12.7. The van der Waals surface area contributed by atoms with Crippen LogP contribution in [0.5, 0.6) is 0 Å². The second kappa shape index (κ2) is 8.76. The van der Waals surface area contributed by atoms with Crippen molar-refractivity contribution in [2.75, 3.05) is 4.72 Å². The molecule has 0 heterocycles. The number of hydrogen-bond donors (Lipinski definition) is 2. The van der Waals surface area contributed by atoms with Gasteiger partial charge in [0, 0.05) is 11.7 Å². The molecule has 27 heavy (non-hydrogen) atoms. The molecule has 7 heteroatoms. The molecule has 0 saturated carbocycles. The molecule has 146 valence electrons. The lowest BCUT2D eigenvalue weighted by Crippen LogP contribution is -2.42. The SMILES string of the molecule is CC(C)C(NC(=O)c1cc(NS(=O)(=O)c2ccccc2)ccc1Cl)C(C)C. The number of amides is 1. The zero-order valence-electron chi connectivity index (χ0n) is 15.9. The van der Waals surface area contributed by atoms with Crippen LogP contribution in [-0.2, 0) is 10.0 Å². The number of rotatable bonds is 7. The minimum atomic E-state index is -3.74. The van der Waals surface area contributed by atoms with Gasteiger partial charge in [-0.15, -0.1) is 0 Å². The van der Waals surface area contributed by atoms with Crippen LogP contribution in [0.3, 0.4) is 0 Å². The fourth-order valence-corrected chi connectivity index (χ4v) is 4.18. The lowest BCUT2D eigenvalue weighted by Gasteiger charge is -2.26. The van der Waals surface area contributed by atoms with Gasteiger partial charge in [-0.05, 0) is 42.2 Å². The second-order valence-electron chi connectivity index (χ2n) is 7.10. The first-order valence-electron chi connectivity index (χ1n) is 8.80. The molecule has 0 spiro atoms. The molecular formula is C20H25ClN2O3S. The van der Waals surface area contributed by atoms with Gasteiger partial charge in [-0.25, -0.2) is 8.42 Å². The maximum Gasteiger partial charge on any atom is 0.261 e. The molecule has 0 radical (unpaired) electrons. The number of carbonyl (C=O) groups excluding carboxylic acids is 1. The third-order valence-corrected chi connectivity index (χ3v) is 5.98. The molecule has 0 fully saturated rings.